The molecule has 0 atom stereocenters. The molecule has 3 heteroatoms. The van der Waals surface area contributed by atoms with Crippen LogP contribution in [0, 0.1) is 6.92 Å². The summed E-state index contributed by atoms with van der Waals surface area (Å²) in [5.41, 5.74) is 1.27. The highest BCUT2D eigenvalue weighted by atomic mass is 32.2. The van der Waals surface area contributed by atoms with E-state index in [-0.39, 0.29) is 0 Å². The van der Waals surface area contributed by atoms with Crippen LogP contribution in [0.15, 0.2) is 29.2 Å². The third-order valence-corrected chi connectivity index (χ3v) is 1.82. The Morgan fingerprint density at radius 3 is 2.40 bits per heavy atom. The molecule has 54 valence electrons. The van der Waals surface area contributed by atoms with Gasteiger partial charge in [-0.3, -0.25) is 5.84 Å². The molecule has 0 aromatic heterocycles. The highest BCUT2D eigenvalue weighted by Crippen LogP contribution is 2.12. The first kappa shape index (κ1) is 7.60. The van der Waals surface area contributed by atoms with Gasteiger partial charge < -0.3 is 0 Å². The molecule has 0 amide bonds. The van der Waals surface area contributed by atoms with Gasteiger partial charge in [-0.05, 0) is 31.0 Å². The summed E-state index contributed by atoms with van der Waals surface area (Å²) in [6.45, 7) is 2.06. The number of hydrogen-bond donors (Lipinski definition) is 2. The third-order valence-electron chi connectivity index (χ3n) is 1.20. The SMILES string of the molecule is Cc1ccc(SNN)cc1. The van der Waals surface area contributed by atoms with E-state index in [1.807, 2.05) is 12.1 Å². The zero-order chi connectivity index (χ0) is 7.40. The monoisotopic (exact) mass is 154 g/mol. The molecule has 1 rings (SSSR count). The van der Waals surface area contributed by atoms with Gasteiger partial charge in [0.2, 0.25) is 0 Å². The van der Waals surface area contributed by atoms with E-state index in [0.29, 0.717) is 0 Å². The van der Waals surface area contributed by atoms with Crippen molar-refractivity contribution in [1.29, 1.82) is 0 Å². The summed E-state index contributed by atoms with van der Waals surface area (Å²) in [7, 11) is 0. The zero-order valence-corrected chi connectivity index (χ0v) is 6.61. The van der Waals surface area contributed by atoms with Crippen LogP contribution in [-0.2, 0) is 0 Å². The van der Waals surface area contributed by atoms with Gasteiger partial charge >= 0.3 is 0 Å². The summed E-state index contributed by atoms with van der Waals surface area (Å²) in [4.78, 5) is 3.65. The first-order valence-electron chi connectivity index (χ1n) is 3.02. The van der Waals surface area contributed by atoms with Crippen LogP contribution in [0.5, 0.6) is 0 Å². The minimum absolute atomic E-state index is 1.13. The number of aryl methyl sites for hydroxylation is 1. The Hall–Kier alpha value is -0.510. The van der Waals surface area contributed by atoms with E-state index < -0.39 is 0 Å². The molecule has 0 heterocycles. The average Bonchev–Trinajstić information content (AvgIpc) is 1.95. The van der Waals surface area contributed by atoms with Crippen LogP contribution in [0.4, 0.5) is 0 Å². The maximum absolute atomic E-state index is 5.11. The second-order valence-corrected chi connectivity index (χ2v) is 2.94. The van der Waals surface area contributed by atoms with Gasteiger partial charge in [0.05, 0.1) is 0 Å². The summed E-state index contributed by atoms with van der Waals surface area (Å²) < 4.78 is 0. The molecular formula is C7H10N2S. The van der Waals surface area contributed by atoms with Crippen LogP contribution in [0.1, 0.15) is 5.56 Å². The number of hydrazine groups is 1. The molecule has 10 heavy (non-hydrogen) atoms. The second-order valence-electron chi connectivity index (χ2n) is 2.03. The summed E-state index contributed by atoms with van der Waals surface area (Å²) in [6.07, 6.45) is 0. The van der Waals surface area contributed by atoms with Crippen LogP contribution < -0.4 is 10.7 Å². The number of rotatable bonds is 2. The average molecular weight is 154 g/mol. The van der Waals surface area contributed by atoms with Gasteiger partial charge in [-0.1, -0.05) is 17.7 Å². The molecule has 0 bridgehead atoms. The maximum Gasteiger partial charge on any atom is 0.0240 e. The van der Waals surface area contributed by atoms with Gasteiger partial charge in [0, 0.05) is 4.90 Å². The lowest BCUT2D eigenvalue weighted by Crippen LogP contribution is -2.10. The number of nitrogens with two attached hydrogens (primary N) is 1. The van der Waals surface area contributed by atoms with E-state index >= 15 is 0 Å². The van der Waals surface area contributed by atoms with Gasteiger partial charge in [-0.25, -0.2) is 0 Å². The molecule has 0 unspecified atom stereocenters. The summed E-state index contributed by atoms with van der Waals surface area (Å²) in [5, 5.41) is 0. The van der Waals surface area contributed by atoms with Crippen molar-refractivity contribution in [3.05, 3.63) is 29.8 Å². The molecule has 0 fully saturated rings. The van der Waals surface area contributed by atoms with Crippen molar-refractivity contribution in [2.75, 3.05) is 0 Å². The first-order valence-corrected chi connectivity index (χ1v) is 3.83. The minimum atomic E-state index is 1.13. The number of hydrogen-bond acceptors (Lipinski definition) is 3. The van der Waals surface area contributed by atoms with E-state index in [0.717, 1.165) is 4.90 Å². The lowest BCUT2D eigenvalue weighted by atomic mass is 10.2. The van der Waals surface area contributed by atoms with Crippen LogP contribution in [-0.4, -0.2) is 0 Å². The Bertz CT molecular complexity index is 195. The standard InChI is InChI=1S/C7H10N2S/c1-6-2-4-7(5-3-6)10-9-8/h2-5,9H,8H2,1H3. The lowest BCUT2D eigenvalue weighted by Gasteiger charge is -1.97. The fourth-order valence-corrected chi connectivity index (χ4v) is 1.08. The van der Waals surface area contributed by atoms with Crippen molar-refractivity contribution in [2.24, 2.45) is 5.84 Å². The molecule has 2 nitrogen and oxygen atoms in total. The molecule has 0 radical (unpaired) electrons. The topological polar surface area (TPSA) is 38.0 Å². The summed E-state index contributed by atoms with van der Waals surface area (Å²) in [5.74, 6) is 5.11. The first-order chi connectivity index (χ1) is 4.83. The van der Waals surface area contributed by atoms with Gasteiger partial charge in [0.15, 0.2) is 0 Å². The Balaban J connectivity index is 2.69. The van der Waals surface area contributed by atoms with Gasteiger partial charge in [0.1, 0.15) is 0 Å². The van der Waals surface area contributed by atoms with Gasteiger partial charge in [0.25, 0.3) is 0 Å². The predicted octanol–water partition coefficient (Wildman–Crippen LogP) is 1.47. The molecule has 0 saturated carbocycles. The van der Waals surface area contributed by atoms with Crippen molar-refractivity contribution in [2.45, 2.75) is 11.8 Å². The molecule has 0 aliphatic heterocycles. The summed E-state index contributed by atoms with van der Waals surface area (Å²) >= 11 is 1.41. The van der Waals surface area contributed by atoms with Gasteiger partial charge in [-0.15, -0.1) is 0 Å². The fraction of sp³-hybridized carbons (Fsp3) is 0.143. The Morgan fingerprint density at radius 2 is 1.90 bits per heavy atom. The summed E-state index contributed by atoms with van der Waals surface area (Å²) in [6, 6.07) is 8.17. The zero-order valence-electron chi connectivity index (χ0n) is 5.79. The Labute approximate surface area is 64.9 Å². The van der Waals surface area contributed by atoms with Crippen LogP contribution in [0.3, 0.4) is 0 Å². The van der Waals surface area contributed by atoms with Gasteiger partial charge in [-0.2, -0.15) is 4.83 Å². The molecular weight excluding hydrogens is 144 g/mol. The highest BCUT2D eigenvalue weighted by Gasteiger charge is 1.88. The molecule has 0 spiro atoms. The third kappa shape index (κ3) is 2.02. The van der Waals surface area contributed by atoms with E-state index in [2.05, 4.69) is 23.9 Å². The molecule has 1 aromatic carbocycles. The molecule has 0 saturated heterocycles. The Kier molecular flexibility index (Phi) is 2.74. The van der Waals surface area contributed by atoms with E-state index in [9.17, 15) is 0 Å². The lowest BCUT2D eigenvalue weighted by molar-refractivity contribution is 1.11. The van der Waals surface area contributed by atoms with Crippen molar-refractivity contribution in [1.82, 2.24) is 4.83 Å². The van der Waals surface area contributed by atoms with E-state index in [1.165, 1.54) is 17.5 Å². The molecule has 1 aromatic rings. The molecule has 0 aliphatic rings. The maximum atomic E-state index is 5.11. The minimum Gasteiger partial charge on any atom is -0.261 e. The van der Waals surface area contributed by atoms with Crippen molar-refractivity contribution < 1.29 is 0 Å². The van der Waals surface area contributed by atoms with E-state index in [4.69, 9.17) is 5.84 Å². The highest BCUT2D eigenvalue weighted by molar-refractivity contribution is 7.97. The van der Waals surface area contributed by atoms with Crippen LogP contribution in [0.2, 0.25) is 0 Å². The number of nitrogens with one attached hydrogen (secondary N) is 1. The quantitative estimate of drug-likeness (QED) is 0.385. The molecule has 3 N–H and O–H groups in total. The largest absolute Gasteiger partial charge is 0.261 e. The Morgan fingerprint density at radius 1 is 1.30 bits per heavy atom. The van der Waals surface area contributed by atoms with Crippen molar-refractivity contribution in [3.63, 3.8) is 0 Å². The van der Waals surface area contributed by atoms with Crippen LogP contribution >= 0.6 is 11.9 Å². The normalized spacial score (nSPS) is 9.80. The number of benzene rings is 1. The molecule has 0 aliphatic carbocycles. The smallest absolute Gasteiger partial charge is 0.0240 e. The van der Waals surface area contributed by atoms with Crippen LogP contribution in [0.25, 0.3) is 0 Å². The van der Waals surface area contributed by atoms with E-state index in [1.54, 1.807) is 0 Å². The van der Waals surface area contributed by atoms with Crippen molar-refractivity contribution in [3.8, 4) is 0 Å². The van der Waals surface area contributed by atoms with Crippen molar-refractivity contribution >= 4 is 11.9 Å². The fourth-order valence-electron chi connectivity index (χ4n) is 0.674. The second kappa shape index (κ2) is 3.61. The predicted molar refractivity (Wildman–Crippen MR) is 44.4 cm³/mol.